The minimum absolute atomic E-state index is 0.208. The van der Waals surface area contributed by atoms with Crippen molar-refractivity contribution in [1.82, 2.24) is 0 Å². The van der Waals surface area contributed by atoms with Crippen LogP contribution in [0.15, 0.2) is 24.3 Å². The van der Waals surface area contributed by atoms with Crippen LogP contribution in [0.1, 0.15) is 43.7 Å². The van der Waals surface area contributed by atoms with Gasteiger partial charge in [0.2, 0.25) is 0 Å². The molecule has 2 rings (SSSR count). The summed E-state index contributed by atoms with van der Waals surface area (Å²) in [5.41, 5.74) is 8.02. The van der Waals surface area contributed by atoms with Gasteiger partial charge in [-0.2, -0.15) is 0 Å². The number of Topliss-reactive ketones (excluding diaryl/α,β-unsaturated/α-hetero) is 1. The van der Waals surface area contributed by atoms with Crippen LogP contribution in [0.5, 0.6) is 0 Å². The van der Waals surface area contributed by atoms with Gasteiger partial charge in [-0.1, -0.05) is 44.0 Å². The lowest BCUT2D eigenvalue weighted by Crippen LogP contribution is -2.46. The molecular weight excluding hydrogens is 210 g/mol. The molecule has 0 amide bonds. The molecule has 0 bridgehead atoms. The van der Waals surface area contributed by atoms with E-state index in [2.05, 4.69) is 31.2 Å². The van der Waals surface area contributed by atoms with Crippen LogP contribution in [-0.4, -0.2) is 11.3 Å². The molecule has 0 heterocycles. The molecule has 0 saturated heterocycles. The summed E-state index contributed by atoms with van der Waals surface area (Å²) in [7, 11) is 0. The number of hydrogen-bond acceptors (Lipinski definition) is 2. The number of ketones is 1. The van der Waals surface area contributed by atoms with Crippen LogP contribution in [0.25, 0.3) is 0 Å². The first-order valence-electron chi connectivity index (χ1n) is 6.54. The summed E-state index contributed by atoms with van der Waals surface area (Å²) in [4.78, 5) is 12.2. The zero-order valence-electron chi connectivity index (χ0n) is 10.5. The number of rotatable bonds is 4. The lowest BCUT2D eigenvalue weighted by molar-refractivity contribution is -0.123. The molecule has 0 spiro atoms. The van der Waals surface area contributed by atoms with Crippen molar-refractivity contribution in [3.63, 3.8) is 0 Å². The van der Waals surface area contributed by atoms with Crippen LogP contribution < -0.4 is 5.73 Å². The maximum absolute atomic E-state index is 12.2. The number of nitrogens with two attached hydrogens (primary N) is 1. The van der Waals surface area contributed by atoms with E-state index in [1.807, 2.05) is 0 Å². The predicted octanol–water partition coefficient (Wildman–Crippen LogP) is 2.63. The summed E-state index contributed by atoms with van der Waals surface area (Å²) in [6.45, 7) is 2.13. The Morgan fingerprint density at radius 3 is 2.24 bits per heavy atom. The van der Waals surface area contributed by atoms with Gasteiger partial charge in [-0.15, -0.1) is 0 Å². The molecule has 0 radical (unpaired) electrons. The monoisotopic (exact) mass is 231 g/mol. The maximum atomic E-state index is 12.2. The van der Waals surface area contributed by atoms with Gasteiger partial charge in [-0.25, -0.2) is 0 Å². The highest BCUT2D eigenvalue weighted by Gasteiger charge is 2.36. The van der Waals surface area contributed by atoms with E-state index in [9.17, 15) is 4.79 Å². The summed E-state index contributed by atoms with van der Waals surface area (Å²) in [5, 5.41) is 0. The molecular formula is C15H21NO. The highest BCUT2D eigenvalue weighted by atomic mass is 16.1. The van der Waals surface area contributed by atoms with Crippen LogP contribution in [0.3, 0.4) is 0 Å². The average Bonchev–Trinajstić information content (AvgIpc) is 2.78. The predicted molar refractivity (Wildman–Crippen MR) is 69.9 cm³/mol. The van der Waals surface area contributed by atoms with Crippen LogP contribution >= 0.6 is 0 Å². The van der Waals surface area contributed by atoms with Crippen molar-refractivity contribution in [2.24, 2.45) is 5.73 Å². The molecule has 92 valence electrons. The van der Waals surface area contributed by atoms with Gasteiger partial charge in [0.05, 0.1) is 5.54 Å². The second-order valence-corrected chi connectivity index (χ2v) is 5.13. The Labute approximate surface area is 103 Å². The zero-order valence-corrected chi connectivity index (χ0v) is 10.5. The highest BCUT2D eigenvalue weighted by Crippen LogP contribution is 2.29. The third-order valence-electron chi connectivity index (χ3n) is 3.85. The van der Waals surface area contributed by atoms with Gasteiger partial charge in [0.15, 0.2) is 5.78 Å². The van der Waals surface area contributed by atoms with E-state index in [1.165, 1.54) is 5.56 Å². The van der Waals surface area contributed by atoms with Gasteiger partial charge >= 0.3 is 0 Å². The second kappa shape index (κ2) is 5.01. The quantitative estimate of drug-likeness (QED) is 0.865. The minimum Gasteiger partial charge on any atom is -0.319 e. The fourth-order valence-electron chi connectivity index (χ4n) is 2.54. The summed E-state index contributed by atoms with van der Waals surface area (Å²) in [6, 6.07) is 8.30. The van der Waals surface area contributed by atoms with Crippen molar-refractivity contribution >= 4 is 5.78 Å². The molecule has 1 saturated carbocycles. The molecule has 1 aliphatic rings. The number of carbonyl (C=O) groups is 1. The molecule has 2 heteroatoms. The maximum Gasteiger partial charge on any atom is 0.156 e. The van der Waals surface area contributed by atoms with Crippen molar-refractivity contribution in [3.8, 4) is 0 Å². The number of aryl methyl sites for hydroxylation is 1. The first-order chi connectivity index (χ1) is 8.14. The van der Waals surface area contributed by atoms with Crippen molar-refractivity contribution in [3.05, 3.63) is 35.4 Å². The minimum atomic E-state index is -0.538. The molecule has 1 aliphatic carbocycles. The number of benzene rings is 1. The Bertz CT molecular complexity index is 388. The average molecular weight is 231 g/mol. The fraction of sp³-hybridized carbons (Fsp3) is 0.533. The Kier molecular flexibility index (Phi) is 3.63. The lowest BCUT2D eigenvalue weighted by Gasteiger charge is -2.21. The van der Waals surface area contributed by atoms with Gasteiger partial charge in [-0.05, 0) is 30.4 Å². The van der Waals surface area contributed by atoms with Crippen LogP contribution in [0.2, 0.25) is 0 Å². The van der Waals surface area contributed by atoms with Crippen molar-refractivity contribution in [1.29, 1.82) is 0 Å². The number of hydrogen-bond donors (Lipinski definition) is 1. The van der Waals surface area contributed by atoms with Crippen molar-refractivity contribution in [2.75, 3.05) is 0 Å². The molecule has 2 nitrogen and oxygen atoms in total. The molecule has 0 aromatic heterocycles. The van der Waals surface area contributed by atoms with Gasteiger partial charge < -0.3 is 5.73 Å². The molecule has 0 atom stereocenters. The second-order valence-electron chi connectivity index (χ2n) is 5.13. The summed E-state index contributed by atoms with van der Waals surface area (Å²) in [5.74, 6) is 0.208. The highest BCUT2D eigenvalue weighted by molar-refractivity contribution is 5.90. The number of carbonyl (C=O) groups excluding carboxylic acids is 1. The van der Waals surface area contributed by atoms with E-state index in [0.29, 0.717) is 6.42 Å². The largest absolute Gasteiger partial charge is 0.319 e. The molecule has 1 aromatic rings. The van der Waals surface area contributed by atoms with E-state index >= 15 is 0 Å². The van der Waals surface area contributed by atoms with E-state index in [0.717, 1.165) is 37.7 Å². The molecule has 2 N–H and O–H groups in total. The first-order valence-corrected chi connectivity index (χ1v) is 6.54. The summed E-state index contributed by atoms with van der Waals surface area (Å²) >= 11 is 0. The van der Waals surface area contributed by atoms with Gasteiger partial charge in [-0.3, -0.25) is 4.79 Å². The molecule has 0 unspecified atom stereocenters. The Morgan fingerprint density at radius 1 is 1.18 bits per heavy atom. The van der Waals surface area contributed by atoms with Crippen molar-refractivity contribution in [2.45, 2.75) is 51.0 Å². The van der Waals surface area contributed by atoms with E-state index < -0.39 is 5.54 Å². The third kappa shape index (κ3) is 2.75. The zero-order chi connectivity index (χ0) is 12.3. The molecule has 17 heavy (non-hydrogen) atoms. The summed E-state index contributed by atoms with van der Waals surface area (Å²) < 4.78 is 0. The van der Waals surface area contributed by atoms with Gasteiger partial charge in [0, 0.05) is 6.42 Å². The van der Waals surface area contributed by atoms with Gasteiger partial charge in [0.1, 0.15) is 0 Å². The molecule has 0 aliphatic heterocycles. The standard InChI is InChI=1S/C15H21NO/c1-2-12-5-7-13(8-6-12)11-14(17)15(16)9-3-4-10-15/h5-8H,2-4,9-11,16H2,1H3. The van der Waals surface area contributed by atoms with E-state index in [4.69, 9.17) is 5.73 Å². The van der Waals surface area contributed by atoms with Crippen LogP contribution in [0.4, 0.5) is 0 Å². The SMILES string of the molecule is CCc1ccc(CC(=O)C2(N)CCCC2)cc1. The lowest BCUT2D eigenvalue weighted by atomic mass is 9.89. The van der Waals surface area contributed by atoms with Crippen LogP contribution in [0, 0.1) is 0 Å². The molecule has 1 fully saturated rings. The summed E-state index contributed by atoms with van der Waals surface area (Å²) in [6.07, 6.45) is 5.43. The Morgan fingerprint density at radius 2 is 1.71 bits per heavy atom. The van der Waals surface area contributed by atoms with E-state index in [1.54, 1.807) is 0 Å². The van der Waals surface area contributed by atoms with E-state index in [-0.39, 0.29) is 5.78 Å². The Balaban J connectivity index is 2.02. The normalized spacial score (nSPS) is 18.2. The first kappa shape index (κ1) is 12.3. The molecule has 1 aromatic carbocycles. The van der Waals surface area contributed by atoms with Crippen molar-refractivity contribution < 1.29 is 4.79 Å². The smallest absolute Gasteiger partial charge is 0.156 e. The topological polar surface area (TPSA) is 43.1 Å². The van der Waals surface area contributed by atoms with Gasteiger partial charge in [0.25, 0.3) is 0 Å². The van der Waals surface area contributed by atoms with Crippen LogP contribution in [-0.2, 0) is 17.6 Å². The fourth-order valence-corrected chi connectivity index (χ4v) is 2.54. The Hall–Kier alpha value is -1.15. The third-order valence-corrected chi connectivity index (χ3v) is 3.85.